The van der Waals surface area contributed by atoms with Crippen molar-refractivity contribution in [3.8, 4) is 11.1 Å². The number of amidine groups is 2. The Balaban J connectivity index is 1.60. The first kappa shape index (κ1) is 34.5. The highest BCUT2D eigenvalue weighted by Crippen LogP contribution is 2.38. The Hall–Kier alpha value is -6.39. The van der Waals surface area contributed by atoms with Crippen molar-refractivity contribution in [1.82, 2.24) is 0 Å². The van der Waals surface area contributed by atoms with Crippen molar-refractivity contribution in [2.24, 2.45) is 15.0 Å². The number of rotatable bonds is 7. The van der Waals surface area contributed by atoms with Crippen LogP contribution >= 0.6 is 0 Å². The number of fused-ring (bicyclic) bond motifs is 7. The van der Waals surface area contributed by atoms with E-state index >= 15 is 0 Å². The van der Waals surface area contributed by atoms with Gasteiger partial charge in [0.1, 0.15) is 0 Å². The van der Waals surface area contributed by atoms with Gasteiger partial charge in [-0.1, -0.05) is 134 Å². The van der Waals surface area contributed by atoms with Crippen LogP contribution in [0.5, 0.6) is 0 Å². The Bertz CT molecular complexity index is 2180. The highest BCUT2D eigenvalue weighted by molar-refractivity contribution is 6.14. The van der Waals surface area contributed by atoms with Crippen molar-refractivity contribution in [3.05, 3.63) is 204 Å². The Morgan fingerprint density at radius 1 is 0.627 bits per heavy atom. The van der Waals surface area contributed by atoms with Crippen molar-refractivity contribution in [1.29, 1.82) is 0 Å². The zero-order valence-electron chi connectivity index (χ0n) is 29.2. The molecule has 0 aliphatic carbocycles. The second kappa shape index (κ2) is 17.3. The molecule has 1 aliphatic rings. The molecular formula is C47H42N4. The molecule has 250 valence electrons. The van der Waals surface area contributed by atoms with Crippen LogP contribution in [0.2, 0.25) is 0 Å². The van der Waals surface area contributed by atoms with Crippen LogP contribution in [0.15, 0.2) is 203 Å². The number of nitrogens with zero attached hydrogens (tertiary/aromatic N) is 4. The first-order valence-corrected chi connectivity index (χ1v) is 17.3. The molecule has 0 amide bonds. The summed E-state index contributed by atoms with van der Waals surface area (Å²) in [5, 5.41) is 0. The van der Waals surface area contributed by atoms with Gasteiger partial charge in [0.15, 0.2) is 11.7 Å². The Morgan fingerprint density at radius 2 is 1.24 bits per heavy atom. The summed E-state index contributed by atoms with van der Waals surface area (Å²) < 4.78 is 0. The van der Waals surface area contributed by atoms with E-state index in [0.29, 0.717) is 24.6 Å². The Kier molecular flexibility index (Phi) is 11.7. The summed E-state index contributed by atoms with van der Waals surface area (Å²) in [5.74, 6) is 1.11. The molecule has 6 bridgehead atoms. The molecule has 0 spiro atoms. The van der Waals surface area contributed by atoms with Gasteiger partial charge in [0, 0.05) is 28.2 Å². The van der Waals surface area contributed by atoms with E-state index in [1.807, 2.05) is 62.4 Å². The third kappa shape index (κ3) is 8.80. The van der Waals surface area contributed by atoms with Gasteiger partial charge < -0.3 is 4.90 Å². The van der Waals surface area contributed by atoms with Crippen molar-refractivity contribution >= 4 is 41.0 Å². The van der Waals surface area contributed by atoms with Crippen molar-refractivity contribution in [2.75, 3.05) is 4.90 Å². The van der Waals surface area contributed by atoms with Crippen LogP contribution in [-0.2, 0) is 6.54 Å². The highest BCUT2D eigenvalue weighted by atomic mass is 15.1. The number of anilines is 3. The lowest BCUT2D eigenvalue weighted by Crippen LogP contribution is -2.10. The van der Waals surface area contributed by atoms with Gasteiger partial charge in [0.05, 0.1) is 6.54 Å². The fraction of sp³-hybridized carbons (Fsp3) is 0.0851. The SMILES string of the molecule is C=N\C1=N/C(=N\Cc2ccccc2)C(=C/C)/C=C(\C/C=C/C=C\C=C/C)c2cccc(c2)N(c2ccccc2)c2cccc(c2)-c2cccc1c2. The van der Waals surface area contributed by atoms with E-state index in [-0.39, 0.29) is 0 Å². The lowest BCUT2D eigenvalue weighted by Gasteiger charge is -2.26. The Morgan fingerprint density at radius 3 is 1.94 bits per heavy atom. The second-order valence-electron chi connectivity index (χ2n) is 12.0. The molecule has 4 heteroatoms. The molecule has 4 nitrogen and oxygen atoms in total. The molecule has 5 aromatic carbocycles. The molecule has 6 rings (SSSR count). The lowest BCUT2D eigenvalue weighted by atomic mass is 9.97. The van der Waals surface area contributed by atoms with Gasteiger partial charge in [-0.15, -0.1) is 0 Å². The van der Waals surface area contributed by atoms with E-state index in [9.17, 15) is 0 Å². The summed E-state index contributed by atoms with van der Waals surface area (Å²) in [6.45, 7) is 8.47. The predicted molar refractivity (Wildman–Crippen MR) is 220 cm³/mol. The lowest BCUT2D eigenvalue weighted by molar-refractivity contribution is 1.06. The molecule has 51 heavy (non-hydrogen) atoms. The molecule has 0 saturated carbocycles. The molecular weight excluding hydrogens is 621 g/mol. The smallest absolute Gasteiger partial charge is 0.161 e. The van der Waals surface area contributed by atoms with Gasteiger partial charge in [0.25, 0.3) is 0 Å². The van der Waals surface area contributed by atoms with Crippen molar-refractivity contribution in [2.45, 2.75) is 26.8 Å². The minimum Gasteiger partial charge on any atom is -0.310 e. The van der Waals surface area contributed by atoms with E-state index in [1.165, 1.54) is 0 Å². The fourth-order valence-corrected chi connectivity index (χ4v) is 6.00. The molecule has 1 heterocycles. The zero-order valence-corrected chi connectivity index (χ0v) is 29.2. The molecule has 0 unspecified atom stereocenters. The summed E-state index contributed by atoms with van der Waals surface area (Å²) in [4.78, 5) is 17.0. The first-order chi connectivity index (χ1) is 25.2. The first-order valence-electron chi connectivity index (χ1n) is 17.3. The van der Waals surface area contributed by atoms with Crippen LogP contribution in [0.4, 0.5) is 17.1 Å². The molecule has 0 atom stereocenters. The van der Waals surface area contributed by atoms with Crippen LogP contribution in [-0.4, -0.2) is 18.4 Å². The van der Waals surface area contributed by atoms with E-state index in [1.54, 1.807) is 0 Å². The average molecular weight is 663 g/mol. The zero-order chi connectivity index (χ0) is 35.3. The van der Waals surface area contributed by atoms with Crippen molar-refractivity contribution in [3.63, 3.8) is 0 Å². The van der Waals surface area contributed by atoms with E-state index in [0.717, 1.165) is 56.0 Å². The number of para-hydroxylation sites is 1. The van der Waals surface area contributed by atoms with E-state index < -0.39 is 0 Å². The van der Waals surface area contributed by atoms with Gasteiger partial charge in [-0.3, -0.25) is 4.99 Å². The maximum atomic E-state index is 5.12. The molecule has 0 fully saturated rings. The summed E-state index contributed by atoms with van der Waals surface area (Å²) in [5.41, 5.74) is 10.5. The van der Waals surface area contributed by atoms with Crippen LogP contribution in [0.3, 0.4) is 0 Å². The van der Waals surface area contributed by atoms with Crippen LogP contribution in [0.25, 0.3) is 16.7 Å². The van der Waals surface area contributed by atoms with Gasteiger partial charge >= 0.3 is 0 Å². The third-order valence-electron chi connectivity index (χ3n) is 8.56. The van der Waals surface area contributed by atoms with Gasteiger partial charge in [-0.2, -0.15) is 0 Å². The van der Waals surface area contributed by atoms with E-state index in [4.69, 9.17) is 9.98 Å². The summed E-state index contributed by atoms with van der Waals surface area (Å²) in [6.07, 6.45) is 17.4. The predicted octanol–water partition coefficient (Wildman–Crippen LogP) is 12.3. The van der Waals surface area contributed by atoms with Crippen LogP contribution in [0.1, 0.15) is 37.0 Å². The molecule has 1 aliphatic heterocycles. The molecule has 0 radical (unpaired) electrons. The molecule has 0 aromatic heterocycles. The number of aliphatic imine (C=N–C) groups is 3. The maximum Gasteiger partial charge on any atom is 0.161 e. The van der Waals surface area contributed by atoms with Crippen LogP contribution in [0, 0.1) is 0 Å². The topological polar surface area (TPSA) is 40.3 Å². The monoisotopic (exact) mass is 662 g/mol. The quantitative estimate of drug-likeness (QED) is 0.126. The minimum atomic E-state index is 0.481. The largest absolute Gasteiger partial charge is 0.310 e. The highest BCUT2D eigenvalue weighted by Gasteiger charge is 2.17. The fourth-order valence-electron chi connectivity index (χ4n) is 6.00. The number of hydrogen-bond acceptors (Lipinski definition) is 3. The normalized spacial score (nSPS) is 17.2. The van der Waals surface area contributed by atoms with Gasteiger partial charge in [-0.25, -0.2) is 9.98 Å². The number of benzene rings is 5. The minimum absolute atomic E-state index is 0.481. The Labute approximate surface area is 302 Å². The number of allylic oxidation sites excluding steroid dienone is 8. The van der Waals surface area contributed by atoms with Crippen molar-refractivity contribution < 1.29 is 0 Å². The van der Waals surface area contributed by atoms with Crippen LogP contribution < -0.4 is 4.90 Å². The van der Waals surface area contributed by atoms with Gasteiger partial charge in [0.2, 0.25) is 0 Å². The maximum absolute atomic E-state index is 5.12. The van der Waals surface area contributed by atoms with Gasteiger partial charge in [-0.05, 0) is 103 Å². The summed E-state index contributed by atoms with van der Waals surface area (Å²) in [7, 11) is 0. The second-order valence-corrected chi connectivity index (χ2v) is 12.0. The molecule has 0 saturated heterocycles. The van der Waals surface area contributed by atoms with E-state index in [2.05, 4.69) is 150 Å². The average Bonchev–Trinajstić information content (AvgIpc) is 3.18. The molecule has 5 aromatic rings. The summed E-state index contributed by atoms with van der Waals surface area (Å²) >= 11 is 0. The third-order valence-corrected chi connectivity index (χ3v) is 8.56. The standard InChI is InChI=1S/C47H42N4/c1-4-6-7-8-9-14-22-38-31-37(5-2)47(49-35-36-20-12-10-13-21-36)50-46(48-3)42-26-17-23-39(32-42)41-25-19-30-45(34-41)51(43-27-15-11-16-28-43)44-29-18-24-40(38)33-44/h4-21,23-34H,3,22,35H2,1-2H3/b6-4-,8-7-,14-9+,37-5+,38-31+,49-47-,50-46-. The molecule has 0 N–H and O–H groups in total. The summed E-state index contributed by atoms with van der Waals surface area (Å²) in [6, 6.07) is 46.5. The number of hydrogen-bond donors (Lipinski definition) is 0.